The van der Waals surface area contributed by atoms with Gasteiger partial charge in [-0.25, -0.2) is 4.39 Å². The van der Waals surface area contributed by atoms with Crippen molar-refractivity contribution >= 4 is 11.6 Å². The van der Waals surface area contributed by atoms with Gasteiger partial charge >= 0.3 is 0 Å². The van der Waals surface area contributed by atoms with E-state index < -0.39 is 10.7 Å². The lowest BCUT2D eigenvalue weighted by molar-refractivity contribution is -0.385. The fourth-order valence-corrected chi connectivity index (χ4v) is 1.22. The van der Waals surface area contributed by atoms with Crippen molar-refractivity contribution in [2.24, 2.45) is 0 Å². The molecule has 3 N–H and O–H groups in total. The topological polar surface area (TPSA) is 111 Å². The molecule has 8 heteroatoms. The van der Waals surface area contributed by atoms with E-state index in [1.165, 1.54) is 6.07 Å². The number of aromatic nitrogens is 3. The van der Waals surface area contributed by atoms with Gasteiger partial charge in [0.25, 0.3) is 5.69 Å². The van der Waals surface area contributed by atoms with E-state index in [1.807, 2.05) is 0 Å². The van der Waals surface area contributed by atoms with Crippen molar-refractivity contribution < 1.29 is 9.31 Å². The zero-order valence-electron chi connectivity index (χ0n) is 7.85. The van der Waals surface area contributed by atoms with Gasteiger partial charge in [0.2, 0.25) is 5.95 Å². The first-order chi connectivity index (χ1) is 7.56. The molecule has 0 fully saturated rings. The number of hydrogen-bond donors (Lipinski definition) is 2. The Labute approximate surface area is 88.3 Å². The van der Waals surface area contributed by atoms with Crippen molar-refractivity contribution in [2.75, 3.05) is 5.73 Å². The third-order valence-electron chi connectivity index (χ3n) is 1.87. The number of aromatic amines is 1. The summed E-state index contributed by atoms with van der Waals surface area (Å²) in [4.78, 5) is 13.6. The van der Waals surface area contributed by atoms with E-state index in [4.69, 9.17) is 5.73 Å². The van der Waals surface area contributed by atoms with Gasteiger partial charge in [-0.15, -0.1) is 5.10 Å². The maximum atomic E-state index is 13.1. The second kappa shape index (κ2) is 3.57. The zero-order valence-corrected chi connectivity index (χ0v) is 7.85. The van der Waals surface area contributed by atoms with Crippen molar-refractivity contribution in [2.45, 2.75) is 0 Å². The van der Waals surface area contributed by atoms with Crippen LogP contribution in [0.25, 0.3) is 11.4 Å². The van der Waals surface area contributed by atoms with Gasteiger partial charge in [0.05, 0.1) is 11.0 Å². The number of H-pyrrole nitrogens is 1. The van der Waals surface area contributed by atoms with Crippen molar-refractivity contribution in [3.8, 4) is 11.4 Å². The Kier molecular flexibility index (Phi) is 2.24. The number of benzene rings is 1. The molecule has 0 amide bonds. The monoisotopic (exact) mass is 223 g/mol. The molecule has 1 aromatic carbocycles. The van der Waals surface area contributed by atoms with Crippen LogP contribution in [0.3, 0.4) is 0 Å². The van der Waals surface area contributed by atoms with Crippen molar-refractivity contribution in [3.63, 3.8) is 0 Å². The number of halogens is 1. The molecule has 0 saturated carbocycles. The number of non-ortho nitro benzene ring substituents is 1. The van der Waals surface area contributed by atoms with Crippen LogP contribution in [0.1, 0.15) is 0 Å². The highest BCUT2D eigenvalue weighted by atomic mass is 19.1. The van der Waals surface area contributed by atoms with Gasteiger partial charge < -0.3 is 5.73 Å². The average Bonchev–Trinajstić information content (AvgIpc) is 2.64. The summed E-state index contributed by atoms with van der Waals surface area (Å²) in [6, 6.07) is 3.11. The Bertz CT molecular complexity index is 553. The summed E-state index contributed by atoms with van der Waals surface area (Å²) in [5.74, 6) is -0.554. The molecule has 0 aliphatic heterocycles. The Balaban J connectivity index is 2.53. The van der Waals surface area contributed by atoms with E-state index >= 15 is 0 Å². The number of nitro benzene ring substituents is 1. The Morgan fingerprint density at radius 3 is 2.75 bits per heavy atom. The van der Waals surface area contributed by atoms with Crippen LogP contribution in [0.15, 0.2) is 18.2 Å². The van der Waals surface area contributed by atoms with Crippen molar-refractivity contribution in [3.05, 3.63) is 34.1 Å². The summed E-state index contributed by atoms with van der Waals surface area (Å²) < 4.78 is 13.1. The number of hydrogen-bond acceptors (Lipinski definition) is 5. The summed E-state index contributed by atoms with van der Waals surface area (Å²) in [7, 11) is 0. The number of nitrogen functional groups attached to an aromatic ring is 1. The molecule has 0 spiro atoms. The Morgan fingerprint density at radius 2 is 2.19 bits per heavy atom. The van der Waals surface area contributed by atoms with Gasteiger partial charge in [0.1, 0.15) is 5.82 Å². The van der Waals surface area contributed by atoms with Gasteiger partial charge in [-0.3, -0.25) is 15.2 Å². The number of nitro groups is 1. The summed E-state index contributed by atoms with van der Waals surface area (Å²) >= 11 is 0. The summed E-state index contributed by atoms with van der Waals surface area (Å²) in [5, 5.41) is 16.5. The molecule has 0 aliphatic rings. The highest BCUT2D eigenvalue weighted by Gasteiger charge is 2.13. The van der Waals surface area contributed by atoms with E-state index in [-0.39, 0.29) is 23.0 Å². The van der Waals surface area contributed by atoms with Crippen LogP contribution in [-0.4, -0.2) is 20.1 Å². The van der Waals surface area contributed by atoms with Gasteiger partial charge in [-0.05, 0) is 6.07 Å². The number of nitrogens with zero attached hydrogens (tertiary/aromatic N) is 3. The SMILES string of the molecule is Nc1n[nH]c(-c2cc(F)cc([N+](=O)[O-])c2)n1. The van der Waals surface area contributed by atoms with E-state index in [1.54, 1.807) is 0 Å². The number of nitrogens with two attached hydrogens (primary N) is 1. The average molecular weight is 223 g/mol. The van der Waals surface area contributed by atoms with Gasteiger partial charge in [-0.1, -0.05) is 0 Å². The molecule has 82 valence electrons. The maximum Gasteiger partial charge on any atom is 0.273 e. The molecule has 7 nitrogen and oxygen atoms in total. The smallest absolute Gasteiger partial charge is 0.273 e. The third kappa shape index (κ3) is 1.80. The lowest BCUT2D eigenvalue weighted by Gasteiger charge is -1.97. The standard InChI is InChI=1S/C8H6FN5O2/c9-5-1-4(2-6(3-5)14(15)16)7-11-8(10)13-12-7/h1-3H,(H3,10,11,12,13). The van der Waals surface area contributed by atoms with Crippen LogP contribution in [0, 0.1) is 15.9 Å². The lowest BCUT2D eigenvalue weighted by atomic mass is 10.2. The van der Waals surface area contributed by atoms with E-state index in [0.717, 1.165) is 12.1 Å². The molecule has 0 radical (unpaired) electrons. The fourth-order valence-electron chi connectivity index (χ4n) is 1.22. The van der Waals surface area contributed by atoms with E-state index in [2.05, 4.69) is 15.2 Å². The van der Waals surface area contributed by atoms with E-state index in [0.29, 0.717) is 0 Å². The molecule has 16 heavy (non-hydrogen) atoms. The minimum absolute atomic E-state index is 0.0121. The molecule has 0 unspecified atom stereocenters. The second-order valence-electron chi connectivity index (χ2n) is 3.00. The molecular formula is C8H6FN5O2. The highest BCUT2D eigenvalue weighted by molar-refractivity contribution is 5.59. The third-order valence-corrected chi connectivity index (χ3v) is 1.87. The van der Waals surface area contributed by atoms with Crippen LogP contribution in [-0.2, 0) is 0 Å². The maximum absolute atomic E-state index is 13.1. The molecule has 1 heterocycles. The van der Waals surface area contributed by atoms with Gasteiger partial charge in [0.15, 0.2) is 5.82 Å². The van der Waals surface area contributed by atoms with E-state index in [9.17, 15) is 14.5 Å². The van der Waals surface area contributed by atoms with Crippen molar-refractivity contribution in [1.29, 1.82) is 0 Å². The summed E-state index contributed by atoms with van der Waals surface area (Å²) in [5.41, 5.74) is 5.13. The molecule has 2 rings (SSSR count). The summed E-state index contributed by atoms with van der Waals surface area (Å²) in [6.45, 7) is 0. The second-order valence-corrected chi connectivity index (χ2v) is 3.00. The number of rotatable bonds is 2. The molecule has 2 aromatic rings. The quantitative estimate of drug-likeness (QED) is 0.585. The van der Waals surface area contributed by atoms with Crippen LogP contribution in [0.4, 0.5) is 16.0 Å². The van der Waals surface area contributed by atoms with Crippen LogP contribution in [0.5, 0.6) is 0 Å². The Morgan fingerprint density at radius 1 is 1.44 bits per heavy atom. The summed E-state index contributed by atoms with van der Waals surface area (Å²) in [6.07, 6.45) is 0. The van der Waals surface area contributed by atoms with Crippen molar-refractivity contribution in [1.82, 2.24) is 15.2 Å². The molecule has 1 aromatic heterocycles. The first-order valence-electron chi connectivity index (χ1n) is 4.19. The molecule has 0 bridgehead atoms. The largest absolute Gasteiger partial charge is 0.366 e. The molecule has 0 saturated heterocycles. The molecular weight excluding hydrogens is 217 g/mol. The number of anilines is 1. The van der Waals surface area contributed by atoms with Crippen LogP contribution in [0.2, 0.25) is 0 Å². The first kappa shape index (κ1) is 10.0. The first-order valence-corrected chi connectivity index (χ1v) is 4.19. The predicted molar refractivity (Wildman–Crippen MR) is 52.8 cm³/mol. The fraction of sp³-hybridized carbons (Fsp3) is 0. The molecule has 0 aliphatic carbocycles. The number of nitrogens with one attached hydrogen (secondary N) is 1. The van der Waals surface area contributed by atoms with Gasteiger partial charge in [-0.2, -0.15) is 4.98 Å². The predicted octanol–water partition coefficient (Wildman–Crippen LogP) is 1.10. The minimum atomic E-state index is -0.723. The van der Waals surface area contributed by atoms with Gasteiger partial charge in [0, 0.05) is 11.6 Å². The Hall–Kier alpha value is -2.51. The lowest BCUT2D eigenvalue weighted by Crippen LogP contribution is -1.91. The van der Waals surface area contributed by atoms with Crippen LogP contribution >= 0.6 is 0 Å². The van der Waals surface area contributed by atoms with Crippen LogP contribution < -0.4 is 5.73 Å². The zero-order chi connectivity index (χ0) is 11.7. The molecule has 0 atom stereocenters. The minimum Gasteiger partial charge on any atom is -0.366 e. The highest BCUT2D eigenvalue weighted by Crippen LogP contribution is 2.23. The normalized spacial score (nSPS) is 10.3.